The van der Waals surface area contributed by atoms with Crippen molar-refractivity contribution in [3.05, 3.63) is 47.9 Å². The Morgan fingerprint density at radius 3 is 2.55 bits per heavy atom. The second-order valence-corrected chi connectivity index (χ2v) is 9.44. The number of rotatable bonds is 5. The first kappa shape index (κ1) is 22.6. The van der Waals surface area contributed by atoms with Gasteiger partial charge in [-0.1, -0.05) is 12.1 Å². The molecule has 2 aromatic heterocycles. The van der Waals surface area contributed by atoms with Gasteiger partial charge in [-0.25, -0.2) is 14.8 Å². The van der Waals surface area contributed by atoms with Crippen molar-refractivity contribution in [2.75, 3.05) is 11.1 Å². The maximum absolute atomic E-state index is 13.2. The highest BCUT2D eigenvalue weighted by Crippen LogP contribution is 2.29. The number of nitrogen functional groups attached to an aromatic ring is 1. The highest BCUT2D eigenvalue weighted by molar-refractivity contribution is 6.18. The average Bonchev–Trinajstić information content (AvgIpc) is 3.18. The van der Waals surface area contributed by atoms with E-state index in [1.54, 1.807) is 30.5 Å². The number of aromatic nitrogens is 3. The number of carbonyl (C=O) groups is 2. The predicted molar refractivity (Wildman–Crippen MR) is 127 cm³/mol. The predicted octanol–water partition coefficient (Wildman–Crippen LogP) is 4.02. The Bertz CT molecular complexity index is 1160. The lowest BCUT2D eigenvalue weighted by Gasteiger charge is -2.30. The Kier molecular flexibility index (Phi) is 6.22. The molecule has 0 aliphatic heterocycles. The molecular formula is C24H30N6O3. The van der Waals surface area contributed by atoms with Crippen molar-refractivity contribution in [1.29, 1.82) is 0 Å². The number of aromatic amines is 1. The second kappa shape index (κ2) is 9.09. The lowest BCUT2D eigenvalue weighted by atomic mass is 9.91. The third kappa shape index (κ3) is 5.42. The molecule has 0 atom stereocenters. The summed E-state index contributed by atoms with van der Waals surface area (Å²) in [5.74, 6) is 0.480. The van der Waals surface area contributed by atoms with E-state index in [0.29, 0.717) is 33.7 Å². The van der Waals surface area contributed by atoms with Crippen molar-refractivity contribution in [1.82, 2.24) is 20.3 Å². The zero-order valence-electron chi connectivity index (χ0n) is 19.1. The van der Waals surface area contributed by atoms with Gasteiger partial charge in [-0.2, -0.15) is 0 Å². The first-order chi connectivity index (χ1) is 15.7. The fourth-order valence-corrected chi connectivity index (χ4v) is 4.14. The molecule has 1 fully saturated rings. The van der Waals surface area contributed by atoms with Crippen molar-refractivity contribution in [3.63, 3.8) is 0 Å². The van der Waals surface area contributed by atoms with Crippen LogP contribution in [0.5, 0.6) is 0 Å². The summed E-state index contributed by atoms with van der Waals surface area (Å²) in [5.41, 5.74) is 7.48. The molecule has 174 valence electrons. The van der Waals surface area contributed by atoms with Gasteiger partial charge >= 0.3 is 6.09 Å². The van der Waals surface area contributed by atoms with Crippen molar-refractivity contribution >= 4 is 34.4 Å². The Morgan fingerprint density at radius 1 is 1.12 bits per heavy atom. The number of benzene rings is 1. The molecule has 5 N–H and O–H groups in total. The molecule has 1 saturated carbocycles. The molecule has 2 heterocycles. The van der Waals surface area contributed by atoms with Gasteiger partial charge in [0.1, 0.15) is 23.4 Å². The zero-order chi connectivity index (χ0) is 23.6. The number of alkyl carbamates (subject to hydrolysis) is 1. The van der Waals surface area contributed by atoms with E-state index in [4.69, 9.17) is 10.5 Å². The molecule has 1 amide bonds. The van der Waals surface area contributed by atoms with Gasteiger partial charge in [-0.15, -0.1) is 0 Å². The molecule has 0 bridgehead atoms. The Labute approximate surface area is 192 Å². The van der Waals surface area contributed by atoms with E-state index >= 15 is 0 Å². The van der Waals surface area contributed by atoms with Crippen LogP contribution in [0.25, 0.3) is 11.0 Å². The van der Waals surface area contributed by atoms with Crippen LogP contribution in [0.3, 0.4) is 0 Å². The quantitative estimate of drug-likeness (QED) is 0.340. The van der Waals surface area contributed by atoms with Crippen molar-refractivity contribution in [3.8, 4) is 0 Å². The van der Waals surface area contributed by atoms with E-state index in [-0.39, 0.29) is 24.0 Å². The second-order valence-electron chi connectivity index (χ2n) is 9.44. The zero-order valence-corrected chi connectivity index (χ0v) is 19.1. The number of ketones is 1. The van der Waals surface area contributed by atoms with Crippen molar-refractivity contribution in [2.24, 2.45) is 0 Å². The van der Waals surface area contributed by atoms with Crippen molar-refractivity contribution in [2.45, 2.75) is 64.1 Å². The topological polar surface area (TPSA) is 135 Å². The lowest BCUT2D eigenvalue weighted by molar-refractivity contribution is 0.0492. The summed E-state index contributed by atoms with van der Waals surface area (Å²) >= 11 is 0. The molecule has 9 heteroatoms. The summed E-state index contributed by atoms with van der Waals surface area (Å²) in [5, 5.41) is 7.11. The van der Waals surface area contributed by atoms with Crippen LogP contribution in [0, 0.1) is 0 Å². The Morgan fingerprint density at radius 2 is 1.85 bits per heavy atom. The first-order valence-corrected chi connectivity index (χ1v) is 11.2. The van der Waals surface area contributed by atoms with Gasteiger partial charge in [-0.05, 0) is 58.6 Å². The fourth-order valence-electron chi connectivity index (χ4n) is 4.14. The molecule has 33 heavy (non-hydrogen) atoms. The number of anilines is 2. The van der Waals surface area contributed by atoms with Gasteiger partial charge in [0, 0.05) is 29.5 Å². The smallest absolute Gasteiger partial charge is 0.407 e. The average molecular weight is 451 g/mol. The van der Waals surface area contributed by atoms with Crippen LogP contribution in [0.1, 0.15) is 62.4 Å². The minimum absolute atomic E-state index is 0.0799. The summed E-state index contributed by atoms with van der Waals surface area (Å²) in [6, 6.07) is 7.17. The Hall–Kier alpha value is -3.62. The molecule has 0 radical (unpaired) electrons. The van der Waals surface area contributed by atoms with Crippen LogP contribution in [-0.4, -0.2) is 44.5 Å². The van der Waals surface area contributed by atoms with Crippen LogP contribution in [0.15, 0.2) is 36.8 Å². The molecule has 4 rings (SSSR count). The third-order valence-corrected chi connectivity index (χ3v) is 5.65. The van der Waals surface area contributed by atoms with Gasteiger partial charge in [0.05, 0.1) is 10.9 Å². The van der Waals surface area contributed by atoms with Crippen LogP contribution in [-0.2, 0) is 4.74 Å². The SMILES string of the molecule is CC(C)(C)OC(=O)NC1CCC(Nc2ncnc3[nH]cc(C(=O)c4cccc(N)c4)c23)CC1. The minimum atomic E-state index is -0.515. The van der Waals surface area contributed by atoms with Crippen LogP contribution in [0.2, 0.25) is 0 Å². The summed E-state index contributed by atoms with van der Waals surface area (Å²) in [4.78, 5) is 37.0. The number of nitrogens with two attached hydrogens (primary N) is 1. The number of nitrogens with zero attached hydrogens (tertiary/aromatic N) is 2. The maximum Gasteiger partial charge on any atom is 0.407 e. The first-order valence-electron chi connectivity index (χ1n) is 11.2. The van der Waals surface area contributed by atoms with E-state index in [1.807, 2.05) is 20.8 Å². The van der Waals surface area contributed by atoms with E-state index < -0.39 is 5.60 Å². The van der Waals surface area contributed by atoms with Gasteiger partial charge in [0.2, 0.25) is 0 Å². The monoisotopic (exact) mass is 450 g/mol. The summed E-state index contributed by atoms with van der Waals surface area (Å²) in [6.07, 6.45) is 6.13. The van der Waals surface area contributed by atoms with Crippen LogP contribution >= 0.6 is 0 Å². The number of carbonyl (C=O) groups excluding carboxylic acids is 2. The maximum atomic E-state index is 13.2. The summed E-state index contributed by atoms with van der Waals surface area (Å²) in [7, 11) is 0. The summed E-state index contributed by atoms with van der Waals surface area (Å²) in [6.45, 7) is 5.55. The number of hydrogen-bond acceptors (Lipinski definition) is 7. The van der Waals surface area contributed by atoms with Crippen LogP contribution < -0.4 is 16.4 Å². The number of H-pyrrole nitrogens is 1. The van der Waals surface area contributed by atoms with Gasteiger partial charge in [0.15, 0.2) is 5.78 Å². The van der Waals surface area contributed by atoms with Gasteiger partial charge in [-0.3, -0.25) is 4.79 Å². The number of fused-ring (bicyclic) bond motifs is 1. The number of ether oxygens (including phenoxy) is 1. The molecule has 0 unspecified atom stereocenters. The molecular weight excluding hydrogens is 420 g/mol. The molecule has 0 saturated heterocycles. The highest BCUT2D eigenvalue weighted by Gasteiger charge is 2.26. The van der Waals surface area contributed by atoms with E-state index in [2.05, 4.69) is 25.6 Å². The van der Waals surface area contributed by atoms with Crippen LogP contribution in [0.4, 0.5) is 16.3 Å². The standard InChI is InChI=1S/C24H30N6O3/c1-24(2,3)33-23(32)30-17-9-7-16(8-10-17)29-22-19-18(12-26-21(19)27-13-28-22)20(31)14-5-4-6-15(25)11-14/h4-6,11-13,16-17H,7-10,25H2,1-3H3,(H,30,32)(H2,26,27,28,29). The van der Waals surface area contributed by atoms with E-state index in [9.17, 15) is 9.59 Å². The number of nitrogens with one attached hydrogen (secondary N) is 3. The van der Waals surface area contributed by atoms with E-state index in [0.717, 1.165) is 25.7 Å². The third-order valence-electron chi connectivity index (χ3n) is 5.65. The van der Waals surface area contributed by atoms with Gasteiger partial charge in [0.25, 0.3) is 0 Å². The molecule has 9 nitrogen and oxygen atoms in total. The van der Waals surface area contributed by atoms with Gasteiger partial charge < -0.3 is 26.1 Å². The summed E-state index contributed by atoms with van der Waals surface area (Å²) < 4.78 is 5.36. The molecule has 1 aliphatic rings. The molecule has 3 aromatic rings. The minimum Gasteiger partial charge on any atom is -0.444 e. The normalized spacial score (nSPS) is 18.6. The van der Waals surface area contributed by atoms with Crippen molar-refractivity contribution < 1.29 is 14.3 Å². The highest BCUT2D eigenvalue weighted by atomic mass is 16.6. The molecule has 1 aromatic carbocycles. The van der Waals surface area contributed by atoms with E-state index in [1.165, 1.54) is 6.33 Å². The lowest BCUT2D eigenvalue weighted by Crippen LogP contribution is -2.42. The molecule has 0 spiro atoms. The number of hydrogen-bond donors (Lipinski definition) is 4. The Balaban J connectivity index is 1.45. The fraction of sp³-hybridized carbons (Fsp3) is 0.417. The number of amides is 1. The largest absolute Gasteiger partial charge is 0.444 e. The molecule has 1 aliphatic carbocycles.